The molecule has 0 spiro atoms. The summed E-state index contributed by atoms with van der Waals surface area (Å²) in [5.41, 5.74) is 8.36. The highest BCUT2D eigenvalue weighted by Gasteiger charge is 2.38. The molecule has 1 aromatic heterocycles. The van der Waals surface area contributed by atoms with Crippen molar-refractivity contribution in [2.24, 2.45) is 5.41 Å². The molecule has 0 bridgehead atoms. The summed E-state index contributed by atoms with van der Waals surface area (Å²) in [6.07, 6.45) is 11.1. The second kappa shape index (κ2) is 10.1. The van der Waals surface area contributed by atoms with Gasteiger partial charge in [-0.2, -0.15) is 0 Å². The minimum Gasteiger partial charge on any atom is -0.284 e. The minimum absolute atomic E-state index is 0.185. The predicted molar refractivity (Wildman–Crippen MR) is 138 cm³/mol. The van der Waals surface area contributed by atoms with E-state index in [-0.39, 0.29) is 11.9 Å². The van der Waals surface area contributed by atoms with Crippen molar-refractivity contribution in [3.8, 4) is 0 Å². The number of pyridine rings is 1. The first-order chi connectivity index (χ1) is 15.5. The molecule has 0 fully saturated rings. The Balaban J connectivity index is 2.31. The van der Waals surface area contributed by atoms with E-state index in [1.165, 1.54) is 17.3 Å². The first-order valence-electron chi connectivity index (χ1n) is 12.1. The fourth-order valence-electron chi connectivity index (χ4n) is 5.11. The summed E-state index contributed by atoms with van der Waals surface area (Å²) in [5, 5.41) is 0. The molecule has 1 aliphatic carbocycles. The largest absolute Gasteiger partial charge is 0.284 e. The van der Waals surface area contributed by atoms with Gasteiger partial charge in [0.15, 0.2) is 0 Å². The summed E-state index contributed by atoms with van der Waals surface area (Å²) in [7, 11) is -1.27. The molecule has 2 atom stereocenters. The van der Waals surface area contributed by atoms with Crippen LogP contribution in [0.3, 0.4) is 0 Å². The van der Waals surface area contributed by atoms with Gasteiger partial charge in [0, 0.05) is 17.4 Å². The van der Waals surface area contributed by atoms with Gasteiger partial charge in [-0.05, 0) is 79.7 Å². The first kappa shape index (κ1) is 25.6. The standard InChI is InChI=1S/C28H39FN2OS/c1-9-11-18(3)27-25(20(5)19(4)21-12-14-28(6,7)15-13-21)26-23(16-22(29)17-30-26)24(10-2)31(27)33(8)32/h12,16-17,24H,4,9-11,13-15H2,1-3,5-8H3/b25-20-,27-18+/t24-,33?/m0/s1. The van der Waals surface area contributed by atoms with Crippen LogP contribution in [0, 0.1) is 11.2 Å². The van der Waals surface area contributed by atoms with Crippen LogP contribution in [-0.2, 0) is 11.0 Å². The lowest BCUT2D eigenvalue weighted by Crippen LogP contribution is -2.36. The smallest absolute Gasteiger partial charge is 0.141 e. The molecule has 0 saturated carbocycles. The summed E-state index contributed by atoms with van der Waals surface area (Å²) in [4.78, 5) is 4.60. The highest BCUT2D eigenvalue weighted by molar-refractivity contribution is 7.82. The van der Waals surface area contributed by atoms with Crippen molar-refractivity contribution in [3.63, 3.8) is 0 Å². The zero-order valence-electron chi connectivity index (χ0n) is 21.3. The molecular weight excluding hydrogens is 431 g/mol. The van der Waals surface area contributed by atoms with Crippen LogP contribution in [0.5, 0.6) is 0 Å². The van der Waals surface area contributed by atoms with Gasteiger partial charge in [-0.3, -0.25) is 9.29 Å². The number of nitrogens with zero attached hydrogens (tertiary/aromatic N) is 2. The van der Waals surface area contributed by atoms with Crippen LogP contribution >= 0.6 is 0 Å². The Labute approximate surface area is 202 Å². The Morgan fingerprint density at radius 3 is 2.58 bits per heavy atom. The first-order valence-corrected chi connectivity index (χ1v) is 13.6. The van der Waals surface area contributed by atoms with Crippen molar-refractivity contribution < 1.29 is 8.60 Å². The second-order valence-electron chi connectivity index (χ2n) is 10.2. The van der Waals surface area contributed by atoms with Crippen LogP contribution in [-0.4, -0.2) is 19.8 Å². The number of hydrogen-bond acceptors (Lipinski definition) is 2. The number of halogens is 1. The van der Waals surface area contributed by atoms with E-state index in [9.17, 15) is 8.60 Å². The van der Waals surface area contributed by atoms with Gasteiger partial charge in [-0.25, -0.2) is 8.60 Å². The molecule has 33 heavy (non-hydrogen) atoms. The Morgan fingerprint density at radius 1 is 1.33 bits per heavy atom. The molecule has 3 rings (SSSR count). The maximum atomic E-state index is 14.3. The van der Waals surface area contributed by atoms with Crippen molar-refractivity contribution in [2.45, 2.75) is 86.1 Å². The fraction of sp³-hybridized carbons (Fsp3) is 0.536. The number of allylic oxidation sites excluding steroid dienone is 6. The molecule has 2 heterocycles. The average molecular weight is 471 g/mol. The average Bonchev–Trinajstić information content (AvgIpc) is 2.76. The molecule has 1 aliphatic heterocycles. The topological polar surface area (TPSA) is 33.2 Å². The maximum Gasteiger partial charge on any atom is 0.141 e. The van der Waals surface area contributed by atoms with E-state index in [4.69, 9.17) is 0 Å². The van der Waals surface area contributed by atoms with E-state index >= 15 is 0 Å². The third-order valence-corrected chi connectivity index (χ3v) is 8.09. The van der Waals surface area contributed by atoms with Crippen LogP contribution in [0.4, 0.5) is 4.39 Å². The predicted octanol–water partition coefficient (Wildman–Crippen LogP) is 7.82. The molecule has 0 radical (unpaired) electrons. The monoisotopic (exact) mass is 470 g/mol. The number of hydrogen-bond donors (Lipinski definition) is 0. The van der Waals surface area contributed by atoms with Crippen LogP contribution < -0.4 is 0 Å². The fourth-order valence-corrected chi connectivity index (χ4v) is 6.23. The number of aromatic nitrogens is 1. The van der Waals surface area contributed by atoms with Gasteiger partial charge < -0.3 is 0 Å². The molecule has 0 N–H and O–H groups in total. The summed E-state index contributed by atoms with van der Waals surface area (Å²) in [5.74, 6) is -0.361. The molecule has 0 aromatic carbocycles. The molecule has 2 aliphatic rings. The van der Waals surface area contributed by atoms with Gasteiger partial charge in [0.1, 0.15) is 16.8 Å². The molecule has 180 valence electrons. The Morgan fingerprint density at radius 2 is 2.03 bits per heavy atom. The molecule has 0 amide bonds. The van der Waals surface area contributed by atoms with Gasteiger partial charge in [-0.1, -0.05) is 46.8 Å². The van der Waals surface area contributed by atoms with E-state index < -0.39 is 11.0 Å². The lowest BCUT2D eigenvalue weighted by Gasteiger charge is -2.41. The molecule has 3 nitrogen and oxygen atoms in total. The number of rotatable bonds is 6. The van der Waals surface area contributed by atoms with Crippen molar-refractivity contribution in [2.75, 3.05) is 6.26 Å². The van der Waals surface area contributed by atoms with Crippen molar-refractivity contribution in [1.82, 2.24) is 9.29 Å². The normalized spacial score (nSPS) is 24.1. The molecule has 0 saturated heterocycles. The van der Waals surface area contributed by atoms with Gasteiger partial charge in [0.2, 0.25) is 0 Å². The summed E-state index contributed by atoms with van der Waals surface area (Å²) < 4.78 is 29.5. The zero-order chi connectivity index (χ0) is 24.5. The molecule has 1 aromatic rings. The quantitative estimate of drug-likeness (QED) is 0.424. The maximum absolute atomic E-state index is 14.3. The molecule has 5 heteroatoms. The summed E-state index contributed by atoms with van der Waals surface area (Å²) in [6, 6.07) is 1.39. The van der Waals surface area contributed by atoms with Crippen molar-refractivity contribution >= 4 is 16.6 Å². The van der Waals surface area contributed by atoms with E-state index in [1.54, 1.807) is 12.3 Å². The van der Waals surface area contributed by atoms with Crippen LogP contribution in [0.25, 0.3) is 5.57 Å². The van der Waals surface area contributed by atoms with Crippen molar-refractivity contribution in [3.05, 3.63) is 70.0 Å². The second-order valence-corrected chi connectivity index (χ2v) is 11.5. The Kier molecular flexibility index (Phi) is 7.83. The van der Waals surface area contributed by atoms with Gasteiger partial charge >= 0.3 is 0 Å². The Bertz CT molecular complexity index is 1060. The van der Waals surface area contributed by atoms with Crippen molar-refractivity contribution in [1.29, 1.82) is 0 Å². The van der Waals surface area contributed by atoms with Crippen LogP contribution in [0.1, 0.15) is 97.4 Å². The van der Waals surface area contributed by atoms with Crippen LogP contribution in [0.2, 0.25) is 0 Å². The number of fused-ring (bicyclic) bond motifs is 1. The summed E-state index contributed by atoms with van der Waals surface area (Å²) in [6.45, 7) is 17.5. The lowest BCUT2D eigenvalue weighted by atomic mass is 9.75. The molecular formula is C28H39FN2OS. The molecule has 1 unspecified atom stereocenters. The van der Waals surface area contributed by atoms with E-state index in [0.29, 0.717) is 11.8 Å². The zero-order valence-corrected chi connectivity index (χ0v) is 22.2. The van der Waals surface area contributed by atoms with Crippen LogP contribution in [0.15, 0.2) is 52.9 Å². The van der Waals surface area contributed by atoms with Gasteiger partial charge in [0.25, 0.3) is 0 Å². The Hall–Kier alpha value is -2.01. The van der Waals surface area contributed by atoms with Gasteiger partial charge in [0.05, 0.1) is 23.6 Å². The van der Waals surface area contributed by atoms with E-state index in [0.717, 1.165) is 65.8 Å². The van der Waals surface area contributed by atoms with E-state index in [2.05, 4.69) is 59.2 Å². The van der Waals surface area contributed by atoms with E-state index in [1.807, 2.05) is 4.31 Å². The third-order valence-electron chi connectivity index (χ3n) is 7.10. The highest BCUT2D eigenvalue weighted by Crippen LogP contribution is 2.48. The van der Waals surface area contributed by atoms with Gasteiger partial charge in [-0.15, -0.1) is 0 Å². The minimum atomic E-state index is -1.27. The SMILES string of the molecule is C=C(C1=CCC(C)(C)CC1)/C(C)=C1\C(=C(\C)CCC)N(S(C)=O)[C@@H](CC)c2cc(F)cnc21. The lowest BCUT2D eigenvalue weighted by molar-refractivity contribution is 0.326. The highest BCUT2D eigenvalue weighted by atomic mass is 32.2. The third kappa shape index (κ3) is 5.08. The summed E-state index contributed by atoms with van der Waals surface area (Å²) >= 11 is 0.